The number of benzene rings is 2. The minimum absolute atomic E-state index is 0.145. The van der Waals surface area contributed by atoms with Gasteiger partial charge in [-0.15, -0.1) is 0 Å². The molecule has 0 bridgehead atoms. The SMILES string of the molecule is Cc1cc(F)ccc1CC(CO)Cc1ccccc1. The van der Waals surface area contributed by atoms with Crippen molar-refractivity contribution in [2.45, 2.75) is 19.8 Å². The van der Waals surface area contributed by atoms with Gasteiger partial charge < -0.3 is 5.11 Å². The van der Waals surface area contributed by atoms with Gasteiger partial charge in [-0.05, 0) is 54.5 Å². The molecule has 0 aromatic heterocycles. The maximum absolute atomic E-state index is 13.1. The van der Waals surface area contributed by atoms with Crippen molar-refractivity contribution in [2.75, 3.05) is 6.61 Å². The van der Waals surface area contributed by atoms with Crippen LogP contribution in [0.25, 0.3) is 0 Å². The number of halogens is 1. The molecule has 1 atom stereocenters. The van der Waals surface area contributed by atoms with Crippen molar-refractivity contribution < 1.29 is 9.50 Å². The second-order valence-corrected chi connectivity index (χ2v) is 5.01. The molecule has 0 spiro atoms. The maximum Gasteiger partial charge on any atom is 0.123 e. The number of hydrogen-bond acceptors (Lipinski definition) is 1. The van der Waals surface area contributed by atoms with E-state index < -0.39 is 0 Å². The third-order valence-electron chi connectivity index (χ3n) is 3.44. The van der Waals surface area contributed by atoms with Crippen LogP contribution in [0.3, 0.4) is 0 Å². The van der Waals surface area contributed by atoms with Crippen molar-refractivity contribution in [3.63, 3.8) is 0 Å². The standard InChI is InChI=1S/C17H19FO/c1-13-9-17(18)8-7-16(13)11-15(12-19)10-14-5-3-2-4-6-14/h2-9,15,19H,10-12H2,1H3. The first-order valence-electron chi connectivity index (χ1n) is 6.59. The molecular weight excluding hydrogens is 239 g/mol. The average Bonchev–Trinajstić information content (AvgIpc) is 2.42. The predicted molar refractivity (Wildman–Crippen MR) is 75.6 cm³/mol. The van der Waals surface area contributed by atoms with E-state index in [1.54, 1.807) is 6.07 Å². The minimum Gasteiger partial charge on any atom is -0.396 e. The number of aliphatic hydroxyl groups is 1. The van der Waals surface area contributed by atoms with E-state index in [0.29, 0.717) is 0 Å². The molecule has 0 amide bonds. The molecule has 0 fully saturated rings. The fourth-order valence-corrected chi connectivity index (χ4v) is 2.35. The molecule has 0 aliphatic carbocycles. The Morgan fingerprint density at radius 1 is 1.05 bits per heavy atom. The van der Waals surface area contributed by atoms with E-state index in [9.17, 15) is 9.50 Å². The van der Waals surface area contributed by atoms with Gasteiger partial charge in [0.15, 0.2) is 0 Å². The van der Waals surface area contributed by atoms with Gasteiger partial charge in [0, 0.05) is 6.61 Å². The molecule has 100 valence electrons. The molecule has 0 saturated heterocycles. The number of aliphatic hydroxyl groups excluding tert-OH is 1. The van der Waals surface area contributed by atoms with Crippen molar-refractivity contribution in [3.05, 3.63) is 71.0 Å². The van der Waals surface area contributed by atoms with Gasteiger partial charge in [-0.25, -0.2) is 4.39 Å². The molecule has 1 unspecified atom stereocenters. The second kappa shape index (κ2) is 6.48. The third-order valence-corrected chi connectivity index (χ3v) is 3.44. The highest BCUT2D eigenvalue weighted by Crippen LogP contribution is 2.18. The summed E-state index contributed by atoms with van der Waals surface area (Å²) in [6, 6.07) is 15.0. The number of aryl methyl sites for hydroxylation is 1. The van der Waals surface area contributed by atoms with Crippen LogP contribution in [0.5, 0.6) is 0 Å². The van der Waals surface area contributed by atoms with E-state index >= 15 is 0 Å². The number of rotatable bonds is 5. The molecule has 1 nitrogen and oxygen atoms in total. The molecule has 19 heavy (non-hydrogen) atoms. The zero-order chi connectivity index (χ0) is 13.7. The molecule has 2 heteroatoms. The van der Waals surface area contributed by atoms with Crippen LogP contribution in [0.1, 0.15) is 16.7 Å². The first-order chi connectivity index (χ1) is 9.19. The Labute approximate surface area is 113 Å². The van der Waals surface area contributed by atoms with E-state index in [1.165, 1.54) is 11.6 Å². The smallest absolute Gasteiger partial charge is 0.123 e. The highest BCUT2D eigenvalue weighted by atomic mass is 19.1. The molecular formula is C17H19FO. The summed E-state index contributed by atoms with van der Waals surface area (Å²) in [5, 5.41) is 9.52. The van der Waals surface area contributed by atoms with Crippen LogP contribution >= 0.6 is 0 Å². The van der Waals surface area contributed by atoms with Crippen molar-refractivity contribution in [1.29, 1.82) is 0 Å². The Morgan fingerprint density at radius 3 is 2.42 bits per heavy atom. The lowest BCUT2D eigenvalue weighted by molar-refractivity contribution is 0.225. The van der Waals surface area contributed by atoms with Gasteiger partial charge in [0.1, 0.15) is 5.82 Å². The monoisotopic (exact) mass is 258 g/mol. The normalized spacial score (nSPS) is 12.4. The lowest BCUT2D eigenvalue weighted by atomic mass is 9.91. The van der Waals surface area contributed by atoms with Gasteiger partial charge in [0.05, 0.1) is 0 Å². The van der Waals surface area contributed by atoms with E-state index in [-0.39, 0.29) is 18.3 Å². The third kappa shape index (κ3) is 3.90. The van der Waals surface area contributed by atoms with E-state index in [2.05, 4.69) is 12.1 Å². The molecule has 1 N–H and O–H groups in total. The Morgan fingerprint density at radius 2 is 1.79 bits per heavy atom. The minimum atomic E-state index is -0.204. The van der Waals surface area contributed by atoms with Crippen LogP contribution in [0.4, 0.5) is 4.39 Å². The van der Waals surface area contributed by atoms with Crippen LogP contribution in [0, 0.1) is 18.7 Å². The molecule has 0 aliphatic heterocycles. The van der Waals surface area contributed by atoms with Crippen LogP contribution in [0.2, 0.25) is 0 Å². The number of hydrogen-bond donors (Lipinski definition) is 1. The van der Waals surface area contributed by atoms with Gasteiger partial charge in [0.2, 0.25) is 0 Å². The second-order valence-electron chi connectivity index (χ2n) is 5.01. The first kappa shape index (κ1) is 13.8. The van der Waals surface area contributed by atoms with Gasteiger partial charge in [-0.2, -0.15) is 0 Å². The van der Waals surface area contributed by atoms with Gasteiger partial charge in [0.25, 0.3) is 0 Å². The Bertz CT molecular complexity index is 522. The highest BCUT2D eigenvalue weighted by molar-refractivity contribution is 5.27. The van der Waals surface area contributed by atoms with Gasteiger partial charge in [-0.3, -0.25) is 0 Å². The van der Waals surface area contributed by atoms with Crippen molar-refractivity contribution in [1.82, 2.24) is 0 Å². The Kier molecular flexibility index (Phi) is 4.69. The van der Waals surface area contributed by atoms with Gasteiger partial charge >= 0.3 is 0 Å². The Balaban J connectivity index is 2.06. The van der Waals surface area contributed by atoms with Gasteiger partial charge in [-0.1, -0.05) is 36.4 Å². The van der Waals surface area contributed by atoms with Crippen molar-refractivity contribution >= 4 is 0 Å². The quantitative estimate of drug-likeness (QED) is 0.870. The van der Waals surface area contributed by atoms with Crippen molar-refractivity contribution in [2.24, 2.45) is 5.92 Å². The summed E-state index contributed by atoms with van der Waals surface area (Å²) in [6.07, 6.45) is 1.62. The van der Waals surface area contributed by atoms with E-state index in [0.717, 1.165) is 24.0 Å². The summed E-state index contributed by atoms with van der Waals surface area (Å²) in [5.74, 6) is -0.0311. The summed E-state index contributed by atoms with van der Waals surface area (Å²) in [4.78, 5) is 0. The zero-order valence-corrected chi connectivity index (χ0v) is 11.1. The molecule has 2 rings (SSSR count). The highest BCUT2D eigenvalue weighted by Gasteiger charge is 2.11. The first-order valence-corrected chi connectivity index (χ1v) is 6.59. The molecule has 0 radical (unpaired) electrons. The largest absolute Gasteiger partial charge is 0.396 e. The molecule has 0 heterocycles. The van der Waals surface area contributed by atoms with Crippen LogP contribution < -0.4 is 0 Å². The molecule has 0 aliphatic rings. The molecule has 2 aromatic carbocycles. The fourth-order valence-electron chi connectivity index (χ4n) is 2.35. The maximum atomic E-state index is 13.1. The molecule has 2 aromatic rings. The van der Waals surface area contributed by atoms with E-state index in [1.807, 2.05) is 31.2 Å². The molecule has 0 saturated carbocycles. The fraction of sp³-hybridized carbons (Fsp3) is 0.294. The average molecular weight is 258 g/mol. The van der Waals surface area contributed by atoms with Crippen LogP contribution in [0.15, 0.2) is 48.5 Å². The topological polar surface area (TPSA) is 20.2 Å². The predicted octanol–water partition coefficient (Wildman–Crippen LogP) is 3.53. The lowest BCUT2D eigenvalue weighted by Crippen LogP contribution is -2.13. The lowest BCUT2D eigenvalue weighted by Gasteiger charge is -2.16. The van der Waals surface area contributed by atoms with Crippen molar-refractivity contribution in [3.8, 4) is 0 Å². The summed E-state index contributed by atoms with van der Waals surface area (Å²) in [5.41, 5.74) is 3.28. The summed E-state index contributed by atoms with van der Waals surface area (Å²) in [7, 11) is 0. The zero-order valence-electron chi connectivity index (χ0n) is 11.1. The summed E-state index contributed by atoms with van der Waals surface area (Å²) < 4.78 is 13.1. The summed E-state index contributed by atoms with van der Waals surface area (Å²) >= 11 is 0. The van der Waals surface area contributed by atoms with E-state index in [4.69, 9.17) is 0 Å². The Hall–Kier alpha value is -1.67. The van der Waals surface area contributed by atoms with Crippen LogP contribution in [-0.4, -0.2) is 11.7 Å². The summed E-state index contributed by atoms with van der Waals surface area (Å²) in [6.45, 7) is 2.06. The van der Waals surface area contributed by atoms with Crippen LogP contribution in [-0.2, 0) is 12.8 Å².